The number of hydrogen-bond acceptors (Lipinski definition) is 5. The number of alkyl halides is 3. The van der Waals surface area contributed by atoms with Crippen LogP contribution >= 0.6 is 11.6 Å². The molecule has 1 aromatic heterocycles. The Morgan fingerprint density at radius 2 is 1.88 bits per heavy atom. The number of anilines is 1. The monoisotopic (exact) mass is 519 g/mol. The minimum Gasteiger partial charge on any atom is -0.323 e. The molecule has 1 spiro atoms. The third kappa shape index (κ3) is 5.33. The maximum Gasteiger partial charge on any atom is 0.416 e. The molecule has 8 nitrogen and oxygen atoms in total. The van der Waals surface area contributed by atoms with Gasteiger partial charge in [-0.3, -0.25) is 9.62 Å². The number of sulfonamides is 1. The van der Waals surface area contributed by atoms with Gasteiger partial charge in [0.1, 0.15) is 0 Å². The van der Waals surface area contributed by atoms with Crippen LogP contribution in [0.1, 0.15) is 36.8 Å². The zero-order chi connectivity index (χ0) is 24.7. The highest BCUT2D eigenvalue weighted by atomic mass is 35.5. The quantitative estimate of drug-likeness (QED) is 0.659. The minimum atomic E-state index is -4.44. The van der Waals surface area contributed by atoms with Gasteiger partial charge in [0.25, 0.3) is 0 Å². The Balaban J connectivity index is 1.41. The molecule has 0 aliphatic carbocycles. The average Bonchev–Trinajstić information content (AvgIpc) is 3.35. The van der Waals surface area contributed by atoms with Gasteiger partial charge in [0, 0.05) is 42.5 Å². The Morgan fingerprint density at radius 1 is 1.18 bits per heavy atom. The Hall–Kier alpha value is -2.31. The van der Waals surface area contributed by atoms with Crippen molar-refractivity contribution in [3.05, 3.63) is 46.6 Å². The van der Waals surface area contributed by atoms with E-state index >= 15 is 0 Å². The molecule has 13 heteroatoms. The van der Waals surface area contributed by atoms with Gasteiger partial charge in [0.15, 0.2) is 5.82 Å². The third-order valence-electron chi connectivity index (χ3n) is 6.52. The van der Waals surface area contributed by atoms with Crippen LogP contribution in [-0.4, -0.2) is 65.5 Å². The van der Waals surface area contributed by atoms with Crippen molar-refractivity contribution in [2.45, 2.75) is 43.9 Å². The normalized spacial score (nSPS) is 19.0. The van der Waals surface area contributed by atoms with E-state index in [4.69, 9.17) is 11.6 Å². The second-order valence-electron chi connectivity index (χ2n) is 8.84. The fourth-order valence-corrected chi connectivity index (χ4v) is 5.53. The van der Waals surface area contributed by atoms with Crippen molar-refractivity contribution < 1.29 is 26.4 Å². The van der Waals surface area contributed by atoms with Crippen LogP contribution in [0.3, 0.4) is 0 Å². The Labute approximate surface area is 200 Å². The van der Waals surface area contributed by atoms with Gasteiger partial charge >= 0.3 is 12.2 Å². The van der Waals surface area contributed by atoms with Gasteiger partial charge in [-0.25, -0.2) is 13.2 Å². The van der Waals surface area contributed by atoms with E-state index in [2.05, 4.69) is 14.7 Å². The van der Waals surface area contributed by atoms with E-state index in [0.29, 0.717) is 38.0 Å². The van der Waals surface area contributed by atoms with Crippen LogP contribution in [0.2, 0.25) is 5.02 Å². The number of halogens is 4. The summed E-state index contributed by atoms with van der Waals surface area (Å²) in [5.41, 5.74) is -0.259. The van der Waals surface area contributed by atoms with Crippen LogP contribution in [0.15, 0.2) is 30.5 Å². The van der Waals surface area contributed by atoms with Crippen LogP contribution in [0, 0.1) is 0 Å². The average molecular weight is 520 g/mol. The van der Waals surface area contributed by atoms with Gasteiger partial charge in [0.2, 0.25) is 10.0 Å². The highest BCUT2D eigenvalue weighted by Crippen LogP contribution is 2.40. The molecule has 1 N–H and O–H groups in total. The standard InChI is InChI=1S/C21H25ClF3N5O3S/c1-34(32,33)27-18-5-10-30(26-18)19(31)28-11-7-20(8-12-28)6-2-9-29(20)14-15-3-4-16(13-17(15)22)21(23,24)25/h3-5,10,13H,2,6-9,11-12,14H2,1H3,(H,26,27). The highest BCUT2D eigenvalue weighted by molar-refractivity contribution is 7.92. The highest BCUT2D eigenvalue weighted by Gasteiger charge is 2.44. The van der Waals surface area contributed by atoms with Gasteiger partial charge in [-0.05, 0) is 49.9 Å². The van der Waals surface area contributed by atoms with Crippen molar-refractivity contribution >= 4 is 33.5 Å². The topological polar surface area (TPSA) is 87.5 Å². The van der Waals surface area contributed by atoms with Gasteiger partial charge in [-0.15, -0.1) is 5.10 Å². The molecule has 2 aliphatic rings. The zero-order valence-corrected chi connectivity index (χ0v) is 20.0. The molecular weight excluding hydrogens is 495 g/mol. The van der Waals surface area contributed by atoms with E-state index in [1.165, 1.54) is 18.3 Å². The molecule has 0 radical (unpaired) electrons. The number of hydrogen-bond donors (Lipinski definition) is 1. The molecular formula is C21H25ClF3N5O3S. The second kappa shape index (κ2) is 9.04. The number of benzene rings is 1. The van der Waals surface area contributed by atoms with Gasteiger partial charge in [-0.2, -0.15) is 17.9 Å². The Kier molecular flexibility index (Phi) is 6.60. The van der Waals surface area contributed by atoms with Crippen molar-refractivity contribution in [1.29, 1.82) is 0 Å². The predicted octanol–water partition coefficient (Wildman–Crippen LogP) is 4.03. The summed E-state index contributed by atoms with van der Waals surface area (Å²) in [5.74, 6) is 0.0692. The summed E-state index contributed by atoms with van der Waals surface area (Å²) in [7, 11) is -3.50. The van der Waals surface area contributed by atoms with Crippen LogP contribution < -0.4 is 4.72 Å². The first-order valence-corrected chi connectivity index (χ1v) is 13.1. The molecule has 0 saturated carbocycles. The molecule has 2 aromatic rings. The number of likely N-dealkylation sites (tertiary alicyclic amines) is 2. The molecule has 3 heterocycles. The smallest absolute Gasteiger partial charge is 0.323 e. The number of rotatable bonds is 4. The first-order valence-electron chi connectivity index (χ1n) is 10.8. The molecule has 1 amide bonds. The molecule has 186 valence electrons. The molecule has 2 aliphatic heterocycles. The summed E-state index contributed by atoms with van der Waals surface area (Å²) in [6, 6.07) is 4.54. The SMILES string of the molecule is CS(=O)(=O)Nc1ccn(C(=O)N2CCC3(CCCN3Cc3ccc(C(F)(F)F)cc3Cl)CC2)n1. The number of carbonyl (C=O) groups is 1. The first kappa shape index (κ1) is 24.8. The molecule has 1 aromatic carbocycles. The fraction of sp³-hybridized carbons (Fsp3) is 0.524. The van der Waals surface area contributed by atoms with Crippen LogP contribution in [0.25, 0.3) is 0 Å². The van der Waals surface area contributed by atoms with Crippen molar-refractivity contribution in [3.63, 3.8) is 0 Å². The third-order valence-corrected chi connectivity index (χ3v) is 7.45. The van der Waals surface area contributed by atoms with Crippen LogP contribution in [0.4, 0.5) is 23.8 Å². The summed E-state index contributed by atoms with van der Waals surface area (Å²) in [5, 5.41) is 4.09. The fourth-order valence-electron chi connectivity index (χ4n) is 4.80. The van der Waals surface area contributed by atoms with E-state index in [-0.39, 0.29) is 22.4 Å². The first-order chi connectivity index (χ1) is 15.9. The lowest BCUT2D eigenvalue weighted by molar-refractivity contribution is -0.137. The van der Waals surface area contributed by atoms with E-state index in [1.807, 2.05) is 0 Å². The maximum atomic E-state index is 13.0. The molecule has 34 heavy (non-hydrogen) atoms. The maximum absolute atomic E-state index is 13.0. The van der Waals surface area contributed by atoms with Gasteiger partial charge in [0.05, 0.1) is 11.8 Å². The number of piperidine rings is 1. The summed E-state index contributed by atoms with van der Waals surface area (Å²) >= 11 is 6.18. The molecule has 0 bridgehead atoms. The summed E-state index contributed by atoms with van der Waals surface area (Å²) in [6.45, 7) is 2.24. The van der Waals surface area contributed by atoms with Crippen LogP contribution in [0.5, 0.6) is 0 Å². The lowest BCUT2D eigenvalue weighted by Crippen LogP contribution is -2.53. The number of nitrogens with one attached hydrogen (secondary N) is 1. The van der Waals surface area contributed by atoms with E-state index < -0.39 is 21.8 Å². The lowest BCUT2D eigenvalue weighted by Gasteiger charge is -2.45. The van der Waals surface area contributed by atoms with Crippen molar-refractivity contribution in [2.24, 2.45) is 0 Å². The van der Waals surface area contributed by atoms with Crippen molar-refractivity contribution in [3.8, 4) is 0 Å². The minimum absolute atomic E-state index is 0.0692. The predicted molar refractivity (Wildman–Crippen MR) is 121 cm³/mol. The van der Waals surface area contributed by atoms with Crippen molar-refractivity contribution in [1.82, 2.24) is 19.6 Å². The molecule has 2 fully saturated rings. The summed E-state index contributed by atoms with van der Waals surface area (Å²) in [4.78, 5) is 16.8. The van der Waals surface area contributed by atoms with Gasteiger partial charge in [-0.1, -0.05) is 17.7 Å². The summed E-state index contributed by atoms with van der Waals surface area (Å²) in [6.07, 6.45) is 1.31. The van der Waals surface area contributed by atoms with Crippen molar-refractivity contribution in [2.75, 3.05) is 30.6 Å². The zero-order valence-electron chi connectivity index (χ0n) is 18.5. The Bertz CT molecular complexity index is 1180. The largest absolute Gasteiger partial charge is 0.416 e. The number of nitrogens with zero attached hydrogens (tertiary/aromatic N) is 4. The molecule has 0 unspecified atom stereocenters. The van der Waals surface area contributed by atoms with Gasteiger partial charge < -0.3 is 4.90 Å². The Morgan fingerprint density at radius 3 is 2.50 bits per heavy atom. The number of amides is 1. The molecule has 4 rings (SSSR count). The lowest BCUT2D eigenvalue weighted by atomic mass is 9.84. The number of carbonyl (C=O) groups excluding carboxylic acids is 1. The van der Waals surface area contributed by atoms with E-state index in [9.17, 15) is 26.4 Å². The number of aromatic nitrogens is 2. The summed E-state index contributed by atoms with van der Waals surface area (Å²) < 4.78 is 64.9. The molecule has 0 atom stereocenters. The van der Waals surface area contributed by atoms with E-state index in [1.54, 1.807) is 4.90 Å². The van der Waals surface area contributed by atoms with E-state index in [0.717, 1.165) is 42.5 Å². The van der Waals surface area contributed by atoms with Crippen LogP contribution in [-0.2, 0) is 22.7 Å². The second-order valence-corrected chi connectivity index (χ2v) is 11.0. The molecule has 2 saturated heterocycles.